The van der Waals surface area contributed by atoms with Crippen LogP contribution in [0.15, 0.2) is 47.5 Å². The fourth-order valence-electron chi connectivity index (χ4n) is 2.64. The highest BCUT2D eigenvalue weighted by Gasteiger charge is 2.21. The first-order chi connectivity index (χ1) is 12.9. The van der Waals surface area contributed by atoms with Crippen molar-refractivity contribution in [2.75, 3.05) is 20.2 Å². The zero-order chi connectivity index (χ0) is 19.9. The van der Waals surface area contributed by atoms with Gasteiger partial charge in [0, 0.05) is 24.1 Å². The van der Waals surface area contributed by atoms with Crippen LogP contribution in [-0.4, -0.2) is 31.3 Å². The molecule has 2 aromatic rings. The van der Waals surface area contributed by atoms with E-state index in [1.807, 2.05) is 26.8 Å². The topological polar surface area (TPSA) is 65.9 Å². The number of phenols is 1. The van der Waals surface area contributed by atoms with Gasteiger partial charge in [-0.25, -0.2) is 9.38 Å². The number of benzene rings is 2. The molecule has 2 rings (SSSR count). The van der Waals surface area contributed by atoms with Crippen LogP contribution in [0.1, 0.15) is 31.9 Å². The van der Waals surface area contributed by atoms with E-state index >= 15 is 0 Å². The van der Waals surface area contributed by atoms with E-state index < -0.39 is 0 Å². The van der Waals surface area contributed by atoms with Gasteiger partial charge in [0.15, 0.2) is 5.96 Å². The van der Waals surface area contributed by atoms with Gasteiger partial charge in [-0.2, -0.15) is 0 Å². The van der Waals surface area contributed by atoms with Crippen molar-refractivity contribution in [1.29, 1.82) is 0 Å². The average Bonchev–Trinajstić information content (AvgIpc) is 2.65. The Labute approximate surface area is 183 Å². The molecule has 3 N–H and O–H groups in total. The minimum Gasteiger partial charge on any atom is -0.508 e. The molecule has 0 aliphatic heterocycles. The second-order valence-corrected chi connectivity index (χ2v) is 6.94. The molecule has 0 amide bonds. The quantitative estimate of drug-likeness (QED) is 0.303. The smallest absolute Gasteiger partial charge is 0.191 e. The molecular formula is C21H29FIN3O2. The predicted molar refractivity (Wildman–Crippen MR) is 122 cm³/mol. The van der Waals surface area contributed by atoms with E-state index in [2.05, 4.69) is 15.6 Å². The van der Waals surface area contributed by atoms with Crippen molar-refractivity contribution in [3.63, 3.8) is 0 Å². The van der Waals surface area contributed by atoms with Gasteiger partial charge < -0.3 is 20.5 Å². The van der Waals surface area contributed by atoms with Gasteiger partial charge in [0.2, 0.25) is 0 Å². The van der Waals surface area contributed by atoms with Crippen LogP contribution in [0.2, 0.25) is 0 Å². The molecule has 0 heterocycles. The molecule has 154 valence electrons. The van der Waals surface area contributed by atoms with Crippen LogP contribution in [0, 0.1) is 5.82 Å². The minimum atomic E-state index is -0.281. The van der Waals surface area contributed by atoms with Crippen molar-refractivity contribution in [3.05, 3.63) is 59.4 Å². The maximum Gasteiger partial charge on any atom is 0.191 e. The molecule has 0 atom stereocenters. The first kappa shape index (κ1) is 24.0. The van der Waals surface area contributed by atoms with Crippen LogP contribution in [0.5, 0.6) is 11.5 Å². The van der Waals surface area contributed by atoms with Crippen LogP contribution < -0.4 is 15.4 Å². The number of hydrogen-bond donors (Lipinski definition) is 3. The van der Waals surface area contributed by atoms with Crippen molar-refractivity contribution < 1.29 is 14.2 Å². The fourth-order valence-corrected chi connectivity index (χ4v) is 2.64. The number of aromatic hydroxyl groups is 1. The molecule has 0 aliphatic rings. The maximum absolute atomic E-state index is 13.5. The van der Waals surface area contributed by atoms with Gasteiger partial charge in [-0.3, -0.25) is 0 Å². The second kappa shape index (κ2) is 11.1. The van der Waals surface area contributed by atoms with Crippen molar-refractivity contribution >= 4 is 29.9 Å². The van der Waals surface area contributed by atoms with Crippen LogP contribution in [0.3, 0.4) is 0 Å². The van der Waals surface area contributed by atoms with Gasteiger partial charge in [-0.15, -0.1) is 24.0 Å². The summed E-state index contributed by atoms with van der Waals surface area (Å²) in [4.78, 5) is 4.54. The first-order valence-corrected chi connectivity index (χ1v) is 9.00. The van der Waals surface area contributed by atoms with E-state index in [1.165, 1.54) is 6.07 Å². The predicted octanol–water partition coefficient (Wildman–Crippen LogP) is 4.19. The molecule has 7 heteroatoms. The number of aliphatic imine (C=N–C) groups is 1. The number of guanidine groups is 1. The third-order valence-corrected chi connectivity index (χ3v) is 4.34. The number of ether oxygens (including phenoxy) is 1. The first-order valence-electron chi connectivity index (χ1n) is 9.00. The summed E-state index contributed by atoms with van der Waals surface area (Å²) in [6, 6.07) is 11.7. The lowest BCUT2D eigenvalue weighted by atomic mass is 9.84. The highest BCUT2D eigenvalue weighted by molar-refractivity contribution is 14.0. The Bertz CT molecular complexity index is 797. The van der Waals surface area contributed by atoms with Crippen molar-refractivity contribution in [2.45, 2.75) is 32.7 Å². The summed E-state index contributed by atoms with van der Waals surface area (Å²) in [6.45, 7) is 7.66. The zero-order valence-corrected chi connectivity index (χ0v) is 19.1. The lowest BCUT2D eigenvalue weighted by molar-refractivity contribution is 0.411. The normalized spacial score (nSPS) is 11.5. The van der Waals surface area contributed by atoms with Crippen molar-refractivity contribution in [2.24, 2.45) is 4.99 Å². The number of nitrogens with zero attached hydrogens (tertiary/aromatic N) is 1. The largest absolute Gasteiger partial charge is 0.508 e. The lowest BCUT2D eigenvalue weighted by Gasteiger charge is -2.27. The van der Waals surface area contributed by atoms with E-state index in [0.29, 0.717) is 36.9 Å². The number of halogens is 2. The highest BCUT2D eigenvalue weighted by Crippen LogP contribution is 2.24. The van der Waals surface area contributed by atoms with E-state index in [9.17, 15) is 9.50 Å². The van der Waals surface area contributed by atoms with Crippen molar-refractivity contribution in [1.82, 2.24) is 10.6 Å². The van der Waals surface area contributed by atoms with E-state index in [1.54, 1.807) is 37.4 Å². The Kier molecular flexibility index (Phi) is 9.51. The molecule has 0 saturated carbocycles. The SMILES string of the molecule is CCNC(=NCc1cc(OC)ccc1O)NCC(C)(C)c1cccc(F)c1.I. The van der Waals surface area contributed by atoms with Gasteiger partial charge in [0.1, 0.15) is 17.3 Å². The van der Waals surface area contributed by atoms with Crippen LogP contribution in [-0.2, 0) is 12.0 Å². The molecular weight excluding hydrogens is 472 g/mol. The number of rotatable bonds is 7. The Hall–Kier alpha value is -2.03. The fraction of sp³-hybridized carbons (Fsp3) is 0.381. The Morgan fingerprint density at radius 1 is 1.18 bits per heavy atom. The molecule has 0 spiro atoms. The van der Waals surface area contributed by atoms with Crippen LogP contribution in [0.25, 0.3) is 0 Å². The van der Waals surface area contributed by atoms with Crippen molar-refractivity contribution in [3.8, 4) is 11.5 Å². The Balaban J connectivity index is 0.00000392. The summed E-state index contributed by atoms with van der Waals surface area (Å²) in [7, 11) is 1.58. The Morgan fingerprint density at radius 2 is 1.93 bits per heavy atom. The summed E-state index contributed by atoms with van der Waals surface area (Å²) in [5, 5.41) is 16.5. The molecule has 0 unspecified atom stereocenters. The molecule has 2 aromatic carbocycles. The molecule has 0 aliphatic carbocycles. The molecule has 0 radical (unpaired) electrons. The van der Waals surface area contributed by atoms with Gasteiger partial charge in [-0.1, -0.05) is 26.0 Å². The molecule has 0 saturated heterocycles. The molecule has 0 aromatic heterocycles. The third-order valence-electron chi connectivity index (χ3n) is 4.34. The van der Waals surface area contributed by atoms with E-state index in [-0.39, 0.29) is 41.0 Å². The maximum atomic E-state index is 13.5. The summed E-state index contributed by atoms with van der Waals surface area (Å²) in [5.41, 5.74) is 1.31. The van der Waals surface area contributed by atoms with Gasteiger partial charge >= 0.3 is 0 Å². The molecule has 5 nitrogen and oxygen atoms in total. The molecule has 0 bridgehead atoms. The number of hydrogen-bond acceptors (Lipinski definition) is 3. The second-order valence-electron chi connectivity index (χ2n) is 6.94. The van der Waals surface area contributed by atoms with Gasteiger partial charge in [-0.05, 0) is 42.8 Å². The summed E-state index contributed by atoms with van der Waals surface area (Å²) < 4.78 is 18.7. The number of methoxy groups -OCH3 is 1. The third kappa shape index (κ3) is 6.85. The molecule has 28 heavy (non-hydrogen) atoms. The zero-order valence-electron chi connectivity index (χ0n) is 16.8. The lowest BCUT2D eigenvalue weighted by Crippen LogP contribution is -2.43. The standard InChI is InChI=1S/C21H28FN3O2.HI/c1-5-23-20(24-13-15-11-18(27-4)9-10-19(15)26)25-14-21(2,3)16-7-6-8-17(22)12-16;/h6-12,26H,5,13-14H2,1-4H3,(H2,23,24,25);1H. The molecule has 0 fully saturated rings. The summed E-state index contributed by atoms with van der Waals surface area (Å²) >= 11 is 0. The number of phenolic OH excluding ortho intramolecular Hbond substituents is 1. The minimum absolute atomic E-state index is 0. The van der Waals surface area contributed by atoms with Crippen LogP contribution >= 0.6 is 24.0 Å². The Morgan fingerprint density at radius 3 is 2.57 bits per heavy atom. The van der Waals surface area contributed by atoms with Gasteiger partial charge in [0.05, 0.1) is 13.7 Å². The summed E-state index contributed by atoms with van der Waals surface area (Å²) in [6.07, 6.45) is 0. The highest BCUT2D eigenvalue weighted by atomic mass is 127. The van der Waals surface area contributed by atoms with Crippen LogP contribution in [0.4, 0.5) is 4.39 Å². The summed E-state index contributed by atoms with van der Waals surface area (Å²) in [5.74, 6) is 1.23. The number of nitrogens with one attached hydrogen (secondary N) is 2. The average molecular weight is 501 g/mol. The monoisotopic (exact) mass is 501 g/mol. The van der Waals surface area contributed by atoms with E-state index in [0.717, 1.165) is 5.56 Å². The van der Waals surface area contributed by atoms with E-state index in [4.69, 9.17) is 4.74 Å². The van der Waals surface area contributed by atoms with Gasteiger partial charge in [0.25, 0.3) is 0 Å².